The van der Waals surface area contributed by atoms with Crippen molar-refractivity contribution in [1.29, 1.82) is 0 Å². The van der Waals surface area contributed by atoms with Crippen molar-refractivity contribution in [3.05, 3.63) is 65.5 Å². The fraction of sp³-hybridized carbons (Fsp3) is 0.133. The zero-order chi connectivity index (χ0) is 13.8. The second kappa shape index (κ2) is 5.52. The molecule has 0 spiro atoms. The van der Waals surface area contributed by atoms with E-state index in [0.29, 0.717) is 12.1 Å². The Balaban J connectivity index is 2.09. The van der Waals surface area contributed by atoms with E-state index in [1.165, 1.54) is 29.2 Å². The lowest BCUT2D eigenvalue weighted by Gasteiger charge is -2.17. The highest BCUT2D eigenvalue weighted by atomic mass is 19.1. The molecule has 0 saturated heterocycles. The molecular weight excluding hydrogens is 245 g/mol. The van der Waals surface area contributed by atoms with Crippen molar-refractivity contribution in [2.75, 3.05) is 7.05 Å². The molecule has 0 saturated carbocycles. The normalized spacial score (nSPS) is 10.2. The van der Waals surface area contributed by atoms with Crippen LogP contribution >= 0.6 is 0 Å². The van der Waals surface area contributed by atoms with Crippen molar-refractivity contribution in [2.24, 2.45) is 0 Å². The van der Waals surface area contributed by atoms with Gasteiger partial charge in [-0.2, -0.15) is 0 Å². The van der Waals surface area contributed by atoms with Crippen molar-refractivity contribution in [3.8, 4) is 5.75 Å². The monoisotopic (exact) mass is 259 g/mol. The predicted octanol–water partition coefficient (Wildman–Crippen LogP) is 2.80. The summed E-state index contributed by atoms with van der Waals surface area (Å²) < 4.78 is 13.1. The maximum absolute atomic E-state index is 13.1. The minimum Gasteiger partial charge on any atom is -0.508 e. The molecule has 1 N–H and O–H groups in total. The second-order valence-corrected chi connectivity index (χ2v) is 4.34. The summed E-state index contributed by atoms with van der Waals surface area (Å²) in [6.07, 6.45) is 0. The molecule has 98 valence electrons. The maximum atomic E-state index is 13.1. The quantitative estimate of drug-likeness (QED) is 0.920. The molecular formula is C15H14FNO2. The number of amides is 1. The first-order valence-electron chi connectivity index (χ1n) is 5.85. The second-order valence-electron chi connectivity index (χ2n) is 4.34. The predicted molar refractivity (Wildman–Crippen MR) is 70.3 cm³/mol. The van der Waals surface area contributed by atoms with E-state index >= 15 is 0 Å². The molecule has 2 rings (SSSR count). The maximum Gasteiger partial charge on any atom is 0.253 e. The molecule has 0 aliphatic carbocycles. The van der Waals surface area contributed by atoms with Crippen LogP contribution < -0.4 is 0 Å². The third kappa shape index (κ3) is 3.31. The largest absolute Gasteiger partial charge is 0.508 e. The lowest BCUT2D eigenvalue weighted by atomic mass is 10.1. The first kappa shape index (κ1) is 13.1. The molecule has 0 aromatic heterocycles. The van der Waals surface area contributed by atoms with E-state index < -0.39 is 0 Å². The molecule has 2 aromatic carbocycles. The van der Waals surface area contributed by atoms with Crippen LogP contribution in [0.1, 0.15) is 15.9 Å². The number of rotatable bonds is 3. The van der Waals surface area contributed by atoms with Crippen molar-refractivity contribution in [3.63, 3.8) is 0 Å². The molecule has 1 amide bonds. The van der Waals surface area contributed by atoms with Crippen LogP contribution in [0.25, 0.3) is 0 Å². The molecule has 0 aliphatic rings. The fourth-order valence-corrected chi connectivity index (χ4v) is 1.81. The number of phenols is 1. The third-order valence-corrected chi connectivity index (χ3v) is 2.77. The van der Waals surface area contributed by atoms with Crippen LogP contribution in [0.15, 0.2) is 48.5 Å². The summed E-state index contributed by atoms with van der Waals surface area (Å²) in [4.78, 5) is 13.6. The Kier molecular flexibility index (Phi) is 3.80. The Morgan fingerprint density at radius 1 is 1.21 bits per heavy atom. The van der Waals surface area contributed by atoms with Gasteiger partial charge in [0.05, 0.1) is 0 Å². The average molecular weight is 259 g/mol. The van der Waals surface area contributed by atoms with Gasteiger partial charge in [-0.3, -0.25) is 4.79 Å². The Morgan fingerprint density at radius 3 is 2.53 bits per heavy atom. The first-order chi connectivity index (χ1) is 9.06. The van der Waals surface area contributed by atoms with Crippen molar-refractivity contribution < 1.29 is 14.3 Å². The van der Waals surface area contributed by atoms with Gasteiger partial charge in [-0.25, -0.2) is 4.39 Å². The van der Waals surface area contributed by atoms with Gasteiger partial charge in [0, 0.05) is 19.2 Å². The number of nitrogens with zero attached hydrogens (tertiary/aromatic N) is 1. The summed E-state index contributed by atoms with van der Waals surface area (Å²) in [6.45, 7) is 0.331. The molecule has 0 fully saturated rings. The number of benzene rings is 2. The van der Waals surface area contributed by atoms with Crippen LogP contribution in [0.5, 0.6) is 5.75 Å². The van der Waals surface area contributed by atoms with Crippen LogP contribution in [0.4, 0.5) is 4.39 Å². The van der Waals surface area contributed by atoms with E-state index in [2.05, 4.69) is 0 Å². The van der Waals surface area contributed by atoms with E-state index in [4.69, 9.17) is 0 Å². The minimum atomic E-state index is -0.317. The fourth-order valence-electron chi connectivity index (χ4n) is 1.81. The van der Waals surface area contributed by atoms with Gasteiger partial charge in [0.1, 0.15) is 11.6 Å². The number of aromatic hydroxyl groups is 1. The van der Waals surface area contributed by atoms with Crippen LogP contribution in [0.2, 0.25) is 0 Å². The molecule has 2 aromatic rings. The van der Waals surface area contributed by atoms with Crippen molar-refractivity contribution >= 4 is 5.91 Å². The van der Waals surface area contributed by atoms with Crippen LogP contribution in [-0.2, 0) is 6.54 Å². The van der Waals surface area contributed by atoms with E-state index in [9.17, 15) is 14.3 Å². The number of hydrogen-bond acceptors (Lipinski definition) is 2. The Hall–Kier alpha value is -2.36. The van der Waals surface area contributed by atoms with E-state index in [1.807, 2.05) is 0 Å². The number of carbonyl (C=O) groups excluding carboxylic acids is 1. The molecule has 0 heterocycles. The van der Waals surface area contributed by atoms with Gasteiger partial charge in [0.2, 0.25) is 0 Å². The van der Waals surface area contributed by atoms with E-state index in [1.54, 1.807) is 31.3 Å². The number of hydrogen-bond donors (Lipinski definition) is 1. The highest BCUT2D eigenvalue weighted by molar-refractivity contribution is 5.94. The van der Waals surface area contributed by atoms with Gasteiger partial charge in [-0.05, 0) is 42.0 Å². The van der Waals surface area contributed by atoms with E-state index in [-0.39, 0.29) is 17.5 Å². The van der Waals surface area contributed by atoms with Crippen molar-refractivity contribution in [1.82, 2.24) is 4.90 Å². The smallest absolute Gasteiger partial charge is 0.253 e. The van der Waals surface area contributed by atoms with Gasteiger partial charge in [-0.1, -0.05) is 12.1 Å². The molecule has 3 nitrogen and oxygen atoms in total. The SMILES string of the molecule is CN(Cc1cccc(F)c1)C(=O)c1ccc(O)cc1. The third-order valence-electron chi connectivity index (χ3n) is 2.77. The zero-order valence-electron chi connectivity index (χ0n) is 10.5. The molecule has 0 atom stereocenters. The Morgan fingerprint density at radius 2 is 1.89 bits per heavy atom. The van der Waals surface area contributed by atoms with E-state index in [0.717, 1.165) is 5.56 Å². The molecule has 0 radical (unpaired) electrons. The van der Waals surface area contributed by atoms with Gasteiger partial charge >= 0.3 is 0 Å². The standard InChI is InChI=1S/C15H14FNO2/c1-17(10-11-3-2-4-13(16)9-11)15(19)12-5-7-14(18)8-6-12/h2-9,18H,10H2,1H3. The summed E-state index contributed by atoms with van der Waals surface area (Å²) in [5, 5.41) is 9.18. The lowest BCUT2D eigenvalue weighted by Crippen LogP contribution is -2.26. The molecule has 0 bridgehead atoms. The average Bonchev–Trinajstić information content (AvgIpc) is 2.39. The topological polar surface area (TPSA) is 40.5 Å². The van der Waals surface area contributed by atoms with Crippen LogP contribution in [0, 0.1) is 5.82 Å². The zero-order valence-corrected chi connectivity index (χ0v) is 10.5. The first-order valence-corrected chi connectivity index (χ1v) is 5.85. The number of phenolic OH excluding ortho intramolecular Hbond substituents is 1. The number of halogens is 1. The van der Waals surface area contributed by atoms with Crippen LogP contribution in [0.3, 0.4) is 0 Å². The lowest BCUT2D eigenvalue weighted by molar-refractivity contribution is 0.0785. The molecule has 0 aliphatic heterocycles. The summed E-state index contributed by atoms with van der Waals surface area (Å²) >= 11 is 0. The summed E-state index contributed by atoms with van der Waals surface area (Å²) in [5.74, 6) is -0.378. The van der Waals surface area contributed by atoms with Crippen LogP contribution in [-0.4, -0.2) is 23.0 Å². The highest BCUT2D eigenvalue weighted by Gasteiger charge is 2.12. The molecule has 4 heteroatoms. The summed E-state index contributed by atoms with van der Waals surface area (Å²) in [6, 6.07) is 12.2. The molecule has 0 unspecified atom stereocenters. The van der Waals surface area contributed by atoms with Gasteiger partial charge in [0.25, 0.3) is 5.91 Å². The van der Waals surface area contributed by atoms with Gasteiger partial charge < -0.3 is 10.0 Å². The minimum absolute atomic E-state index is 0.115. The summed E-state index contributed by atoms with van der Waals surface area (Å²) in [7, 11) is 1.65. The highest BCUT2D eigenvalue weighted by Crippen LogP contribution is 2.13. The molecule has 19 heavy (non-hydrogen) atoms. The van der Waals surface area contributed by atoms with Crippen molar-refractivity contribution in [2.45, 2.75) is 6.54 Å². The number of carbonyl (C=O) groups is 1. The Bertz CT molecular complexity index is 581. The van der Waals surface area contributed by atoms with Gasteiger partial charge in [-0.15, -0.1) is 0 Å². The summed E-state index contributed by atoms with van der Waals surface area (Å²) in [5.41, 5.74) is 1.21. The Labute approximate surface area is 110 Å². The van der Waals surface area contributed by atoms with Gasteiger partial charge in [0.15, 0.2) is 0 Å².